The van der Waals surface area contributed by atoms with E-state index in [1.54, 1.807) is 7.11 Å². The second-order valence-electron chi connectivity index (χ2n) is 5.21. The molecule has 1 N–H and O–H groups in total. The molecule has 1 aromatic rings. The van der Waals surface area contributed by atoms with Crippen molar-refractivity contribution < 1.29 is 9.84 Å². The third kappa shape index (κ3) is 2.96. The van der Waals surface area contributed by atoms with Crippen molar-refractivity contribution in [3.63, 3.8) is 0 Å². The first kappa shape index (κ1) is 14.8. The molecule has 0 aromatic heterocycles. The third-order valence-electron chi connectivity index (χ3n) is 3.55. The van der Waals surface area contributed by atoms with Crippen LogP contribution in [-0.2, 0) is 0 Å². The molecule has 0 aliphatic rings. The number of aliphatic hydroxyl groups is 1. The second-order valence-corrected chi connectivity index (χ2v) is 5.21. The van der Waals surface area contributed by atoms with Crippen LogP contribution in [0.4, 0.5) is 5.69 Å². The molecular weight excluding hydrogens is 226 g/mol. The Kier molecular flexibility index (Phi) is 5.03. The van der Waals surface area contributed by atoms with Gasteiger partial charge in [0.05, 0.1) is 19.8 Å². The molecule has 0 spiro atoms. The number of ether oxygens (including phenoxy) is 1. The van der Waals surface area contributed by atoms with Crippen molar-refractivity contribution >= 4 is 5.69 Å². The van der Waals surface area contributed by atoms with E-state index >= 15 is 0 Å². The van der Waals surface area contributed by atoms with Gasteiger partial charge in [-0.15, -0.1) is 0 Å². The van der Waals surface area contributed by atoms with Crippen LogP contribution in [-0.4, -0.2) is 31.9 Å². The van der Waals surface area contributed by atoms with Crippen LogP contribution in [0.25, 0.3) is 0 Å². The Morgan fingerprint density at radius 2 is 1.83 bits per heavy atom. The van der Waals surface area contributed by atoms with Crippen molar-refractivity contribution in [3.8, 4) is 5.75 Å². The highest BCUT2D eigenvalue weighted by atomic mass is 16.5. The molecule has 18 heavy (non-hydrogen) atoms. The first-order valence-electron chi connectivity index (χ1n) is 6.41. The predicted molar refractivity (Wildman–Crippen MR) is 76.6 cm³/mol. The van der Waals surface area contributed by atoms with Gasteiger partial charge >= 0.3 is 0 Å². The van der Waals surface area contributed by atoms with Gasteiger partial charge in [-0.3, -0.25) is 0 Å². The Labute approximate surface area is 110 Å². The van der Waals surface area contributed by atoms with Crippen LogP contribution in [0, 0.1) is 19.8 Å². The molecule has 0 saturated carbocycles. The molecule has 0 aliphatic carbocycles. The summed E-state index contributed by atoms with van der Waals surface area (Å²) in [6.07, 6.45) is 0. The smallest absolute Gasteiger partial charge is 0.122 e. The zero-order valence-electron chi connectivity index (χ0n) is 12.3. The van der Waals surface area contributed by atoms with E-state index in [0.717, 1.165) is 17.0 Å². The van der Waals surface area contributed by atoms with E-state index in [2.05, 4.69) is 37.8 Å². The van der Waals surface area contributed by atoms with E-state index in [9.17, 15) is 5.11 Å². The minimum absolute atomic E-state index is 0.136. The van der Waals surface area contributed by atoms with Gasteiger partial charge in [0.2, 0.25) is 0 Å². The van der Waals surface area contributed by atoms with E-state index in [1.165, 1.54) is 5.56 Å². The lowest BCUT2D eigenvalue weighted by atomic mass is 10.0. The first-order chi connectivity index (χ1) is 8.42. The molecule has 0 aliphatic heterocycles. The number of aliphatic hydroxyl groups excluding tert-OH is 1. The molecule has 102 valence electrons. The van der Waals surface area contributed by atoms with Gasteiger partial charge in [0.25, 0.3) is 0 Å². The Balaban J connectivity index is 3.13. The van der Waals surface area contributed by atoms with Crippen LogP contribution < -0.4 is 9.64 Å². The van der Waals surface area contributed by atoms with Crippen molar-refractivity contribution in [2.75, 3.05) is 25.7 Å². The zero-order chi connectivity index (χ0) is 13.9. The lowest BCUT2D eigenvalue weighted by Crippen LogP contribution is -2.39. The maximum Gasteiger partial charge on any atom is 0.122 e. The summed E-state index contributed by atoms with van der Waals surface area (Å²) in [6, 6.07) is 4.31. The molecule has 0 fully saturated rings. The maximum atomic E-state index is 9.52. The largest absolute Gasteiger partial charge is 0.496 e. The topological polar surface area (TPSA) is 32.7 Å². The maximum absolute atomic E-state index is 9.52. The van der Waals surface area contributed by atoms with E-state index in [0.29, 0.717) is 5.92 Å². The van der Waals surface area contributed by atoms with E-state index in [4.69, 9.17) is 4.74 Å². The standard InChI is InChI=1S/C15H25NO2/c1-10(2)14(9-17)16(5)13-7-12(4)15(18-6)8-11(13)3/h7-8,10,14,17H,9H2,1-6H3. The van der Waals surface area contributed by atoms with Gasteiger partial charge in [-0.05, 0) is 43.0 Å². The second kappa shape index (κ2) is 6.10. The van der Waals surface area contributed by atoms with Crippen LogP contribution in [0.5, 0.6) is 5.75 Å². The summed E-state index contributed by atoms with van der Waals surface area (Å²) >= 11 is 0. The lowest BCUT2D eigenvalue weighted by Gasteiger charge is -2.33. The highest BCUT2D eigenvalue weighted by molar-refractivity contribution is 5.59. The molecule has 1 atom stereocenters. The van der Waals surface area contributed by atoms with Crippen molar-refractivity contribution in [1.29, 1.82) is 0 Å². The van der Waals surface area contributed by atoms with Crippen molar-refractivity contribution in [3.05, 3.63) is 23.3 Å². The molecule has 1 unspecified atom stereocenters. The summed E-state index contributed by atoms with van der Waals surface area (Å²) in [5.41, 5.74) is 3.44. The fourth-order valence-corrected chi connectivity index (χ4v) is 2.33. The Bertz CT molecular complexity index is 402. The highest BCUT2D eigenvalue weighted by Crippen LogP contribution is 2.30. The molecule has 0 amide bonds. The summed E-state index contributed by atoms with van der Waals surface area (Å²) in [5, 5.41) is 9.52. The van der Waals surface area contributed by atoms with Crippen molar-refractivity contribution in [1.82, 2.24) is 0 Å². The van der Waals surface area contributed by atoms with Crippen LogP contribution >= 0.6 is 0 Å². The molecule has 0 bridgehead atoms. The molecule has 0 heterocycles. The first-order valence-corrected chi connectivity index (χ1v) is 6.41. The van der Waals surface area contributed by atoms with E-state index < -0.39 is 0 Å². The van der Waals surface area contributed by atoms with E-state index in [-0.39, 0.29) is 12.6 Å². The molecule has 1 aromatic carbocycles. The number of methoxy groups -OCH3 is 1. The van der Waals surface area contributed by atoms with Crippen LogP contribution in [0.1, 0.15) is 25.0 Å². The summed E-state index contributed by atoms with van der Waals surface area (Å²) in [5.74, 6) is 1.32. The Morgan fingerprint density at radius 3 is 2.28 bits per heavy atom. The number of likely N-dealkylation sites (N-methyl/N-ethyl adjacent to an activating group) is 1. The van der Waals surface area contributed by atoms with Gasteiger partial charge < -0.3 is 14.7 Å². The summed E-state index contributed by atoms with van der Waals surface area (Å²) in [4.78, 5) is 2.16. The molecule has 0 saturated heterocycles. The fourth-order valence-electron chi connectivity index (χ4n) is 2.33. The quantitative estimate of drug-likeness (QED) is 0.873. The zero-order valence-corrected chi connectivity index (χ0v) is 12.3. The van der Waals surface area contributed by atoms with Gasteiger partial charge in [0.15, 0.2) is 0 Å². The highest BCUT2D eigenvalue weighted by Gasteiger charge is 2.20. The monoisotopic (exact) mass is 251 g/mol. The SMILES string of the molecule is COc1cc(C)c(N(C)C(CO)C(C)C)cc1C. The van der Waals surface area contributed by atoms with Gasteiger partial charge in [0.1, 0.15) is 5.75 Å². The van der Waals surface area contributed by atoms with Gasteiger partial charge in [-0.25, -0.2) is 0 Å². The number of hydrogen-bond acceptors (Lipinski definition) is 3. The summed E-state index contributed by atoms with van der Waals surface area (Å²) in [6.45, 7) is 8.53. The van der Waals surface area contributed by atoms with Crippen LogP contribution in [0.3, 0.4) is 0 Å². The molecule has 0 radical (unpaired) electrons. The minimum Gasteiger partial charge on any atom is -0.496 e. The number of aryl methyl sites for hydroxylation is 2. The molecule has 3 heteroatoms. The van der Waals surface area contributed by atoms with Gasteiger partial charge in [0, 0.05) is 12.7 Å². The number of rotatable bonds is 5. The fraction of sp³-hybridized carbons (Fsp3) is 0.600. The Hall–Kier alpha value is -1.22. The average Bonchev–Trinajstić information content (AvgIpc) is 2.31. The van der Waals surface area contributed by atoms with Crippen LogP contribution in [0.2, 0.25) is 0 Å². The number of hydrogen-bond donors (Lipinski definition) is 1. The van der Waals surface area contributed by atoms with Gasteiger partial charge in [-0.1, -0.05) is 13.8 Å². The summed E-state index contributed by atoms with van der Waals surface area (Å²) < 4.78 is 5.33. The molecular formula is C15H25NO2. The minimum atomic E-state index is 0.136. The van der Waals surface area contributed by atoms with Crippen LogP contribution in [0.15, 0.2) is 12.1 Å². The number of nitrogens with zero attached hydrogens (tertiary/aromatic N) is 1. The average molecular weight is 251 g/mol. The number of anilines is 1. The third-order valence-corrected chi connectivity index (χ3v) is 3.55. The molecule has 3 nitrogen and oxygen atoms in total. The normalized spacial score (nSPS) is 12.7. The Morgan fingerprint density at radius 1 is 1.22 bits per heavy atom. The van der Waals surface area contributed by atoms with Crippen molar-refractivity contribution in [2.24, 2.45) is 5.92 Å². The van der Waals surface area contributed by atoms with E-state index in [1.807, 2.05) is 14.0 Å². The van der Waals surface area contributed by atoms with Crippen molar-refractivity contribution in [2.45, 2.75) is 33.7 Å². The van der Waals surface area contributed by atoms with Gasteiger partial charge in [-0.2, -0.15) is 0 Å². The predicted octanol–water partition coefficient (Wildman–Crippen LogP) is 2.77. The number of benzene rings is 1. The lowest BCUT2D eigenvalue weighted by molar-refractivity contribution is 0.234. The molecule has 1 rings (SSSR count). The summed E-state index contributed by atoms with van der Waals surface area (Å²) in [7, 11) is 3.73.